The predicted octanol–water partition coefficient (Wildman–Crippen LogP) is 4.10. The fourth-order valence-electron chi connectivity index (χ4n) is 2.85. The normalized spacial score (nSPS) is 17.1. The Labute approximate surface area is 124 Å². The molecule has 0 saturated carbocycles. The van der Waals surface area contributed by atoms with Crippen molar-refractivity contribution in [3.63, 3.8) is 0 Å². The molecule has 0 bridgehead atoms. The number of aryl methyl sites for hydroxylation is 1. The van der Waals surface area contributed by atoms with Crippen LogP contribution in [0.2, 0.25) is 0 Å². The van der Waals surface area contributed by atoms with Crippen LogP contribution in [0.25, 0.3) is 0 Å². The quantitative estimate of drug-likeness (QED) is 0.845. The SMILES string of the molecule is Cc1[nH]c(C2COc3ccccc32)nc(=S)c1C(C)C. The third-order valence-corrected chi connectivity index (χ3v) is 4.09. The maximum absolute atomic E-state index is 5.73. The number of rotatable bonds is 2. The topological polar surface area (TPSA) is 37.9 Å². The lowest BCUT2D eigenvalue weighted by atomic mass is 9.99. The molecule has 1 atom stereocenters. The molecular weight excluding hydrogens is 268 g/mol. The van der Waals surface area contributed by atoms with Crippen LogP contribution in [0.1, 0.15) is 48.3 Å². The summed E-state index contributed by atoms with van der Waals surface area (Å²) in [5.74, 6) is 2.38. The molecule has 1 N–H and O–H groups in total. The number of aromatic amines is 1. The van der Waals surface area contributed by atoms with Gasteiger partial charge in [-0.2, -0.15) is 0 Å². The minimum atomic E-state index is 0.146. The molecule has 2 aromatic rings. The zero-order chi connectivity index (χ0) is 14.3. The highest BCUT2D eigenvalue weighted by atomic mass is 32.1. The zero-order valence-corrected chi connectivity index (χ0v) is 12.8. The minimum Gasteiger partial charge on any atom is -0.492 e. The van der Waals surface area contributed by atoms with E-state index >= 15 is 0 Å². The van der Waals surface area contributed by atoms with E-state index in [1.807, 2.05) is 18.2 Å². The first-order valence-electron chi connectivity index (χ1n) is 6.90. The molecule has 0 fully saturated rings. The molecule has 1 aliphatic heterocycles. The maximum Gasteiger partial charge on any atom is 0.133 e. The van der Waals surface area contributed by atoms with Crippen molar-refractivity contribution < 1.29 is 4.74 Å². The number of fused-ring (bicyclic) bond motifs is 1. The Morgan fingerprint density at radius 2 is 2.10 bits per heavy atom. The monoisotopic (exact) mass is 286 g/mol. The summed E-state index contributed by atoms with van der Waals surface area (Å²) in [6.07, 6.45) is 0. The number of H-pyrrole nitrogens is 1. The van der Waals surface area contributed by atoms with E-state index in [2.05, 4.69) is 36.8 Å². The molecule has 1 unspecified atom stereocenters. The molecule has 0 saturated heterocycles. The highest BCUT2D eigenvalue weighted by molar-refractivity contribution is 7.71. The second-order valence-corrected chi connectivity index (χ2v) is 5.91. The molecule has 3 rings (SSSR count). The Morgan fingerprint density at radius 3 is 2.80 bits per heavy atom. The standard InChI is InChI=1S/C16H18N2OS/c1-9(2)14-10(3)17-15(18-16(14)20)12-8-19-13-7-5-4-6-11(12)13/h4-7,9,12H,8H2,1-3H3,(H,17,18,20). The Bertz CT molecular complexity index is 706. The highest BCUT2D eigenvalue weighted by Gasteiger charge is 2.27. The van der Waals surface area contributed by atoms with Crippen molar-refractivity contribution in [1.82, 2.24) is 9.97 Å². The molecule has 0 radical (unpaired) electrons. The summed E-state index contributed by atoms with van der Waals surface area (Å²) in [5, 5.41) is 0. The fraction of sp³-hybridized carbons (Fsp3) is 0.375. The van der Waals surface area contributed by atoms with E-state index < -0.39 is 0 Å². The molecular formula is C16H18N2OS. The van der Waals surface area contributed by atoms with E-state index in [0.717, 1.165) is 22.8 Å². The van der Waals surface area contributed by atoms with Crippen molar-refractivity contribution in [2.24, 2.45) is 0 Å². The molecule has 0 amide bonds. The third-order valence-electron chi connectivity index (χ3n) is 3.78. The Kier molecular flexibility index (Phi) is 3.34. The third kappa shape index (κ3) is 2.14. The summed E-state index contributed by atoms with van der Waals surface area (Å²) in [6, 6.07) is 8.12. The van der Waals surface area contributed by atoms with E-state index in [4.69, 9.17) is 17.0 Å². The van der Waals surface area contributed by atoms with Gasteiger partial charge >= 0.3 is 0 Å². The largest absolute Gasteiger partial charge is 0.492 e. The highest BCUT2D eigenvalue weighted by Crippen LogP contribution is 2.36. The van der Waals surface area contributed by atoms with Crippen LogP contribution in [-0.2, 0) is 0 Å². The number of para-hydroxylation sites is 1. The average molecular weight is 286 g/mol. The van der Waals surface area contributed by atoms with Crippen LogP contribution in [0, 0.1) is 11.6 Å². The van der Waals surface area contributed by atoms with Crippen molar-refractivity contribution >= 4 is 12.2 Å². The lowest BCUT2D eigenvalue weighted by Crippen LogP contribution is -2.11. The van der Waals surface area contributed by atoms with Gasteiger partial charge in [0.05, 0.1) is 5.92 Å². The van der Waals surface area contributed by atoms with Gasteiger partial charge in [0.2, 0.25) is 0 Å². The van der Waals surface area contributed by atoms with Crippen molar-refractivity contribution in [3.05, 3.63) is 51.6 Å². The van der Waals surface area contributed by atoms with Gasteiger partial charge in [0.25, 0.3) is 0 Å². The fourth-order valence-corrected chi connectivity index (χ4v) is 3.34. The van der Waals surface area contributed by atoms with Gasteiger partial charge in [-0.3, -0.25) is 0 Å². The Balaban J connectivity index is 2.07. The summed E-state index contributed by atoms with van der Waals surface area (Å²) in [4.78, 5) is 8.04. The van der Waals surface area contributed by atoms with E-state index in [9.17, 15) is 0 Å². The van der Waals surface area contributed by atoms with Gasteiger partial charge in [-0.05, 0) is 18.9 Å². The van der Waals surface area contributed by atoms with Crippen LogP contribution in [0.15, 0.2) is 24.3 Å². The van der Waals surface area contributed by atoms with Gasteiger partial charge in [0.15, 0.2) is 0 Å². The van der Waals surface area contributed by atoms with Crippen molar-refractivity contribution in [3.8, 4) is 5.75 Å². The summed E-state index contributed by atoms with van der Waals surface area (Å²) >= 11 is 5.47. The second kappa shape index (κ2) is 5.02. The summed E-state index contributed by atoms with van der Waals surface area (Å²) < 4.78 is 6.43. The summed E-state index contributed by atoms with van der Waals surface area (Å²) in [5.41, 5.74) is 3.43. The van der Waals surface area contributed by atoms with Crippen molar-refractivity contribution in [2.75, 3.05) is 6.61 Å². The van der Waals surface area contributed by atoms with Gasteiger partial charge in [0.1, 0.15) is 22.8 Å². The maximum atomic E-state index is 5.73. The van der Waals surface area contributed by atoms with Crippen LogP contribution in [0.3, 0.4) is 0 Å². The summed E-state index contributed by atoms with van der Waals surface area (Å²) in [7, 11) is 0. The van der Waals surface area contributed by atoms with Crippen molar-refractivity contribution in [2.45, 2.75) is 32.6 Å². The van der Waals surface area contributed by atoms with E-state index in [1.165, 1.54) is 5.56 Å². The van der Waals surface area contributed by atoms with E-state index in [-0.39, 0.29) is 5.92 Å². The lowest BCUT2D eigenvalue weighted by molar-refractivity contribution is 0.339. The van der Waals surface area contributed by atoms with E-state index in [1.54, 1.807) is 0 Å². The lowest BCUT2D eigenvalue weighted by Gasteiger charge is -2.14. The Morgan fingerprint density at radius 1 is 1.35 bits per heavy atom. The molecule has 0 spiro atoms. The molecule has 20 heavy (non-hydrogen) atoms. The number of aromatic nitrogens is 2. The molecule has 1 aliphatic rings. The van der Waals surface area contributed by atoms with Crippen molar-refractivity contribution in [1.29, 1.82) is 0 Å². The van der Waals surface area contributed by atoms with Crippen LogP contribution in [0.4, 0.5) is 0 Å². The molecule has 1 aromatic heterocycles. The van der Waals surface area contributed by atoms with Crippen LogP contribution >= 0.6 is 12.2 Å². The Hall–Kier alpha value is -1.68. The van der Waals surface area contributed by atoms with Crippen LogP contribution < -0.4 is 4.74 Å². The number of hydrogen-bond donors (Lipinski definition) is 1. The molecule has 1 aromatic carbocycles. The van der Waals surface area contributed by atoms with Gasteiger partial charge in [-0.1, -0.05) is 44.3 Å². The minimum absolute atomic E-state index is 0.146. The smallest absolute Gasteiger partial charge is 0.133 e. The van der Waals surface area contributed by atoms with Gasteiger partial charge in [0, 0.05) is 16.8 Å². The van der Waals surface area contributed by atoms with Gasteiger partial charge < -0.3 is 9.72 Å². The molecule has 0 aliphatic carbocycles. The first kappa shape index (κ1) is 13.3. The molecule has 104 valence electrons. The molecule has 3 nitrogen and oxygen atoms in total. The summed E-state index contributed by atoms with van der Waals surface area (Å²) in [6.45, 7) is 6.97. The number of benzene rings is 1. The first-order valence-corrected chi connectivity index (χ1v) is 7.31. The van der Waals surface area contributed by atoms with Gasteiger partial charge in [-0.25, -0.2) is 4.98 Å². The molecule has 2 heterocycles. The first-order chi connectivity index (χ1) is 9.58. The van der Waals surface area contributed by atoms with Crippen LogP contribution in [-0.4, -0.2) is 16.6 Å². The molecule has 4 heteroatoms. The zero-order valence-electron chi connectivity index (χ0n) is 11.9. The average Bonchev–Trinajstić information content (AvgIpc) is 2.81. The van der Waals surface area contributed by atoms with Gasteiger partial charge in [-0.15, -0.1) is 0 Å². The number of nitrogens with one attached hydrogen (secondary N) is 1. The number of hydrogen-bond acceptors (Lipinski definition) is 3. The van der Waals surface area contributed by atoms with E-state index in [0.29, 0.717) is 17.2 Å². The van der Waals surface area contributed by atoms with Crippen LogP contribution in [0.5, 0.6) is 5.75 Å². The number of ether oxygens (including phenoxy) is 1. The second-order valence-electron chi connectivity index (χ2n) is 5.52. The predicted molar refractivity (Wildman–Crippen MR) is 82.0 cm³/mol. The number of nitrogens with zero attached hydrogens (tertiary/aromatic N) is 1.